The van der Waals surface area contributed by atoms with Gasteiger partial charge in [0.1, 0.15) is 12.3 Å². The van der Waals surface area contributed by atoms with Crippen LogP contribution in [0.15, 0.2) is 54.6 Å². The Labute approximate surface area is 218 Å². The van der Waals surface area contributed by atoms with Crippen molar-refractivity contribution in [3.8, 4) is 11.1 Å². The second kappa shape index (κ2) is 11.5. The number of carboxylic acids is 1. The van der Waals surface area contributed by atoms with Crippen molar-refractivity contribution >= 4 is 36.0 Å². The molecule has 0 aromatic heterocycles. The van der Waals surface area contributed by atoms with Crippen LogP contribution in [0, 0.1) is 0 Å². The first kappa shape index (κ1) is 26.3. The van der Waals surface area contributed by atoms with Crippen LogP contribution >= 0.6 is 0 Å². The lowest BCUT2D eigenvalue weighted by Crippen LogP contribution is -2.64. The minimum Gasteiger partial charge on any atom is -0.481 e. The van der Waals surface area contributed by atoms with Crippen molar-refractivity contribution in [2.75, 3.05) is 13.1 Å². The predicted octanol–water partition coefficient (Wildman–Crippen LogP) is 1.19. The largest absolute Gasteiger partial charge is 0.481 e. The number of carbonyl (C=O) groups excluding carboxylic acids is 5. The highest BCUT2D eigenvalue weighted by molar-refractivity contribution is 5.97. The molecule has 2 heterocycles. The van der Waals surface area contributed by atoms with Crippen molar-refractivity contribution in [2.45, 2.75) is 37.8 Å². The monoisotopic (exact) mass is 521 g/mol. The highest BCUT2D eigenvalue weighted by atomic mass is 16.4. The number of carboxylic acid groups (broad SMARTS) is 1. The molecule has 2 atom stereocenters. The van der Waals surface area contributed by atoms with E-state index in [1.54, 1.807) is 24.3 Å². The van der Waals surface area contributed by atoms with Crippen molar-refractivity contribution in [3.63, 3.8) is 0 Å². The molecule has 0 spiro atoms. The highest BCUT2D eigenvalue weighted by Crippen LogP contribution is 2.24. The van der Waals surface area contributed by atoms with E-state index in [9.17, 15) is 28.8 Å². The molecule has 0 bridgehead atoms. The molecule has 198 valence electrons. The minimum atomic E-state index is -1.29. The highest BCUT2D eigenvalue weighted by Gasteiger charge is 2.44. The van der Waals surface area contributed by atoms with E-state index < -0.39 is 48.2 Å². The number of fused-ring (bicyclic) bond motifs is 1. The molecular weight excluding hydrogens is 494 g/mol. The molecule has 0 aliphatic carbocycles. The van der Waals surface area contributed by atoms with Crippen LogP contribution in [0.1, 0.15) is 36.0 Å². The summed E-state index contributed by atoms with van der Waals surface area (Å²) in [6.45, 7) is 0.0894. The first-order valence-corrected chi connectivity index (χ1v) is 12.1. The van der Waals surface area contributed by atoms with Gasteiger partial charge < -0.3 is 15.2 Å². The van der Waals surface area contributed by atoms with E-state index in [4.69, 9.17) is 5.11 Å². The average Bonchev–Trinajstić information content (AvgIpc) is 3.05. The number of rotatable bonds is 8. The molecule has 2 aliphatic heterocycles. The van der Waals surface area contributed by atoms with Crippen LogP contribution in [0.4, 0.5) is 4.79 Å². The van der Waals surface area contributed by atoms with Gasteiger partial charge in [-0.2, -0.15) is 0 Å². The van der Waals surface area contributed by atoms with Crippen molar-refractivity contribution in [2.24, 2.45) is 0 Å². The van der Waals surface area contributed by atoms with Gasteiger partial charge in [0.2, 0.25) is 11.8 Å². The molecule has 3 N–H and O–H groups in total. The van der Waals surface area contributed by atoms with Gasteiger partial charge in [-0.05, 0) is 36.1 Å². The summed E-state index contributed by atoms with van der Waals surface area (Å²) in [5.74, 6) is -3.02. The summed E-state index contributed by atoms with van der Waals surface area (Å²) >= 11 is 0. The molecular formula is C26H27N5O7. The number of amides is 5. The Morgan fingerprint density at radius 1 is 1.00 bits per heavy atom. The van der Waals surface area contributed by atoms with E-state index in [-0.39, 0.29) is 25.9 Å². The summed E-state index contributed by atoms with van der Waals surface area (Å²) in [5.41, 5.74) is 4.72. The number of urea groups is 1. The van der Waals surface area contributed by atoms with Crippen LogP contribution < -0.4 is 10.7 Å². The van der Waals surface area contributed by atoms with Crippen LogP contribution in [0.5, 0.6) is 0 Å². The molecule has 38 heavy (non-hydrogen) atoms. The van der Waals surface area contributed by atoms with Crippen molar-refractivity contribution < 1.29 is 33.9 Å². The Hall–Kier alpha value is -4.74. The van der Waals surface area contributed by atoms with Gasteiger partial charge in [-0.1, -0.05) is 42.5 Å². The van der Waals surface area contributed by atoms with E-state index in [0.717, 1.165) is 21.1 Å². The number of hydrazine groups is 2. The summed E-state index contributed by atoms with van der Waals surface area (Å²) in [6, 6.07) is 13.2. The fraction of sp³-hybridized carbons (Fsp3) is 0.308. The van der Waals surface area contributed by atoms with E-state index in [1.807, 2.05) is 30.3 Å². The number of hydrogen-bond donors (Lipinski definition) is 3. The third-order valence-corrected chi connectivity index (χ3v) is 6.35. The molecule has 5 amide bonds. The standard InChI is InChI=1S/C26H27N5O7/c32-16-20(15-23(34)35)27-25(37)21-7-4-13-30-22(33)12-14-29(26(38)31(21)30)28-24(36)19-10-8-18(9-11-19)17-5-2-1-3-6-17/h1-3,5-6,8-11,16,20-21H,4,7,12-15H2,(H,27,37)(H,28,36)(H,34,35). The van der Waals surface area contributed by atoms with Crippen LogP contribution in [0.3, 0.4) is 0 Å². The topological polar surface area (TPSA) is 156 Å². The molecule has 12 nitrogen and oxygen atoms in total. The lowest BCUT2D eigenvalue weighted by atomic mass is 10.0. The van der Waals surface area contributed by atoms with E-state index >= 15 is 0 Å². The molecule has 2 aromatic rings. The second-order valence-corrected chi connectivity index (χ2v) is 8.94. The van der Waals surface area contributed by atoms with Gasteiger partial charge >= 0.3 is 12.0 Å². The smallest absolute Gasteiger partial charge is 0.358 e. The lowest BCUT2D eigenvalue weighted by Gasteiger charge is -2.42. The first-order chi connectivity index (χ1) is 18.3. The lowest BCUT2D eigenvalue weighted by molar-refractivity contribution is -0.155. The second-order valence-electron chi connectivity index (χ2n) is 8.94. The summed E-state index contributed by atoms with van der Waals surface area (Å²) in [7, 11) is 0. The Balaban J connectivity index is 1.50. The van der Waals surface area contributed by atoms with Gasteiger partial charge in [0, 0.05) is 18.5 Å². The van der Waals surface area contributed by atoms with Crippen LogP contribution in [0.2, 0.25) is 0 Å². The summed E-state index contributed by atoms with van der Waals surface area (Å²) < 4.78 is 0. The van der Waals surface area contributed by atoms with Crippen LogP contribution in [0.25, 0.3) is 11.1 Å². The molecule has 2 fully saturated rings. The van der Waals surface area contributed by atoms with Gasteiger partial charge in [-0.15, -0.1) is 0 Å². The van der Waals surface area contributed by atoms with E-state index in [1.165, 1.54) is 5.01 Å². The van der Waals surface area contributed by atoms with Crippen molar-refractivity contribution in [1.29, 1.82) is 0 Å². The van der Waals surface area contributed by atoms with E-state index in [0.29, 0.717) is 18.3 Å². The molecule has 12 heteroatoms. The number of nitrogens with one attached hydrogen (secondary N) is 2. The summed E-state index contributed by atoms with van der Waals surface area (Å²) in [6.07, 6.45) is 0.197. The van der Waals surface area contributed by atoms with Crippen molar-refractivity contribution in [1.82, 2.24) is 25.8 Å². The zero-order valence-electron chi connectivity index (χ0n) is 20.4. The fourth-order valence-corrected chi connectivity index (χ4v) is 4.45. The molecule has 2 unspecified atom stereocenters. The molecule has 4 rings (SSSR count). The zero-order chi connectivity index (χ0) is 27.2. The fourth-order valence-electron chi connectivity index (χ4n) is 4.45. The Morgan fingerprint density at radius 3 is 2.34 bits per heavy atom. The maximum absolute atomic E-state index is 13.5. The number of hydrogen-bond acceptors (Lipinski definition) is 6. The van der Waals surface area contributed by atoms with Gasteiger partial charge in [-0.25, -0.2) is 19.8 Å². The minimum absolute atomic E-state index is 0.0836. The normalized spacial score (nSPS) is 18.2. The SMILES string of the molecule is O=CC(CC(=O)O)NC(=O)C1CCCN2C(=O)CCN(NC(=O)c3ccc(-c4ccccc4)cc3)C(=O)N12. The molecule has 0 saturated carbocycles. The number of aldehydes is 1. The quantitative estimate of drug-likeness (QED) is 0.441. The van der Waals surface area contributed by atoms with Gasteiger partial charge in [-0.3, -0.25) is 24.6 Å². The number of benzene rings is 2. The molecule has 2 aromatic carbocycles. The maximum atomic E-state index is 13.5. The number of nitrogens with zero attached hydrogens (tertiary/aromatic N) is 3. The third-order valence-electron chi connectivity index (χ3n) is 6.35. The first-order valence-electron chi connectivity index (χ1n) is 12.1. The Bertz CT molecular complexity index is 1230. The van der Waals surface area contributed by atoms with Gasteiger partial charge in [0.15, 0.2) is 0 Å². The van der Waals surface area contributed by atoms with E-state index in [2.05, 4.69) is 10.7 Å². The number of carbonyl (C=O) groups is 6. The van der Waals surface area contributed by atoms with Crippen LogP contribution in [-0.2, 0) is 19.2 Å². The van der Waals surface area contributed by atoms with Crippen molar-refractivity contribution in [3.05, 3.63) is 60.2 Å². The summed E-state index contributed by atoms with van der Waals surface area (Å²) in [4.78, 5) is 74.4. The summed E-state index contributed by atoms with van der Waals surface area (Å²) in [5, 5.41) is 14.4. The molecule has 2 aliphatic rings. The molecule has 0 radical (unpaired) electrons. The molecule has 2 saturated heterocycles. The third kappa shape index (κ3) is 5.80. The Kier molecular flexibility index (Phi) is 8.00. The maximum Gasteiger partial charge on any atom is 0.358 e. The zero-order valence-corrected chi connectivity index (χ0v) is 20.4. The Morgan fingerprint density at radius 2 is 1.68 bits per heavy atom. The van der Waals surface area contributed by atoms with Gasteiger partial charge in [0.05, 0.1) is 19.0 Å². The predicted molar refractivity (Wildman–Crippen MR) is 133 cm³/mol. The van der Waals surface area contributed by atoms with Crippen LogP contribution in [-0.4, -0.2) is 81.3 Å². The number of aliphatic carboxylic acids is 1. The van der Waals surface area contributed by atoms with Gasteiger partial charge in [0.25, 0.3) is 5.91 Å². The average molecular weight is 522 g/mol.